The van der Waals surface area contributed by atoms with Crippen molar-refractivity contribution >= 4 is 5.91 Å². The predicted octanol–water partition coefficient (Wildman–Crippen LogP) is 1.66. The van der Waals surface area contributed by atoms with Gasteiger partial charge >= 0.3 is 0 Å². The molecule has 1 aliphatic carbocycles. The highest BCUT2D eigenvalue weighted by molar-refractivity contribution is 5.95. The van der Waals surface area contributed by atoms with E-state index in [1.54, 1.807) is 0 Å². The highest BCUT2D eigenvalue weighted by atomic mass is 16.5. The van der Waals surface area contributed by atoms with Gasteiger partial charge in [0.1, 0.15) is 12.4 Å². The summed E-state index contributed by atoms with van der Waals surface area (Å²) in [5.41, 5.74) is 1.84. The van der Waals surface area contributed by atoms with Gasteiger partial charge in [-0.15, -0.1) is 0 Å². The Kier molecular flexibility index (Phi) is 3.42. The van der Waals surface area contributed by atoms with Gasteiger partial charge in [-0.05, 0) is 37.7 Å². The maximum absolute atomic E-state index is 12.3. The lowest BCUT2D eigenvalue weighted by molar-refractivity contribution is 0.0392. The van der Waals surface area contributed by atoms with E-state index in [0.29, 0.717) is 12.5 Å². The summed E-state index contributed by atoms with van der Waals surface area (Å²) in [6.45, 7) is 0.527. The third-order valence-electron chi connectivity index (χ3n) is 4.35. The Hall–Kier alpha value is -2.15. The Morgan fingerprint density at radius 3 is 3.05 bits per heavy atom. The summed E-state index contributed by atoms with van der Waals surface area (Å²) in [6, 6.07) is 1.86. The maximum Gasteiger partial charge on any atom is 0.253 e. The summed E-state index contributed by atoms with van der Waals surface area (Å²) in [6.07, 6.45) is 7.47. The summed E-state index contributed by atoms with van der Waals surface area (Å²) in [7, 11) is 0. The zero-order chi connectivity index (χ0) is 14.9. The Bertz CT molecular complexity index is 647. The van der Waals surface area contributed by atoms with E-state index in [1.165, 1.54) is 19.2 Å². The second-order valence-corrected chi connectivity index (χ2v) is 5.98. The third kappa shape index (κ3) is 2.64. The summed E-state index contributed by atoms with van der Waals surface area (Å²) in [4.78, 5) is 19.6. The zero-order valence-electron chi connectivity index (χ0n) is 12.2. The molecule has 1 amide bonds. The molecule has 116 valence electrons. The number of rotatable bonds is 5. The van der Waals surface area contributed by atoms with Crippen LogP contribution >= 0.6 is 0 Å². The van der Waals surface area contributed by atoms with Crippen molar-refractivity contribution in [3.8, 4) is 0 Å². The van der Waals surface area contributed by atoms with Gasteiger partial charge in [-0.25, -0.2) is 4.98 Å². The number of carbonyl (C=O) groups excluding carboxylic acids is 1. The maximum atomic E-state index is 12.3. The fraction of sp³-hybridized carbons (Fsp3) is 0.533. The van der Waals surface area contributed by atoms with Crippen LogP contribution in [-0.2, 0) is 4.74 Å². The van der Waals surface area contributed by atoms with Crippen molar-refractivity contribution in [3.05, 3.63) is 35.7 Å². The zero-order valence-corrected chi connectivity index (χ0v) is 12.2. The number of hydrogen-bond acceptors (Lipinski definition) is 4. The van der Waals surface area contributed by atoms with Crippen molar-refractivity contribution in [3.63, 3.8) is 0 Å². The molecule has 7 nitrogen and oxygen atoms in total. The number of hydrogen-bond donors (Lipinski definition) is 3. The highest BCUT2D eigenvalue weighted by Crippen LogP contribution is 2.40. The van der Waals surface area contributed by atoms with Crippen LogP contribution in [0.1, 0.15) is 59.6 Å². The van der Waals surface area contributed by atoms with Crippen molar-refractivity contribution in [1.82, 2.24) is 25.5 Å². The Morgan fingerprint density at radius 2 is 2.27 bits per heavy atom. The number of carbonyl (C=O) groups is 1. The van der Waals surface area contributed by atoms with Gasteiger partial charge in [0.15, 0.2) is 5.82 Å². The molecule has 0 unspecified atom stereocenters. The van der Waals surface area contributed by atoms with Crippen LogP contribution in [0.15, 0.2) is 18.6 Å². The van der Waals surface area contributed by atoms with E-state index in [2.05, 4.69) is 25.5 Å². The number of nitrogens with zero attached hydrogens (tertiary/aromatic N) is 2. The lowest BCUT2D eigenvalue weighted by atomic mass is 10.1. The van der Waals surface area contributed by atoms with E-state index >= 15 is 0 Å². The van der Waals surface area contributed by atoms with E-state index in [-0.39, 0.29) is 18.1 Å². The van der Waals surface area contributed by atoms with E-state index < -0.39 is 0 Å². The van der Waals surface area contributed by atoms with Gasteiger partial charge in [0.2, 0.25) is 0 Å². The van der Waals surface area contributed by atoms with Gasteiger partial charge in [-0.1, -0.05) is 0 Å². The molecule has 2 aromatic rings. The fourth-order valence-electron chi connectivity index (χ4n) is 3.02. The van der Waals surface area contributed by atoms with Gasteiger partial charge in [-0.3, -0.25) is 9.89 Å². The van der Waals surface area contributed by atoms with Crippen LogP contribution in [0.5, 0.6) is 0 Å². The first-order chi connectivity index (χ1) is 10.8. The molecule has 0 spiro atoms. The van der Waals surface area contributed by atoms with Crippen LogP contribution in [0.2, 0.25) is 0 Å². The number of aromatic nitrogens is 4. The van der Waals surface area contributed by atoms with Gasteiger partial charge in [0.25, 0.3) is 5.91 Å². The summed E-state index contributed by atoms with van der Waals surface area (Å²) in [5.74, 6) is 1.28. The molecule has 2 atom stereocenters. The fourth-order valence-corrected chi connectivity index (χ4v) is 3.02. The van der Waals surface area contributed by atoms with E-state index in [9.17, 15) is 4.79 Å². The van der Waals surface area contributed by atoms with Crippen molar-refractivity contribution in [2.45, 2.75) is 43.8 Å². The van der Waals surface area contributed by atoms with E-state index in [0.717, 1.165) is 29.9 Å². The summed E-state index contributed by atoms with van der Waals surface area (Å²) < 4.78 is 5.91. The van der Waals surface area contributed by atoms with Crippen LogP contribution in [0, 0.1) is 0 Å². The van der Waals surface area contributed by atoms with E-state index in [4.69, 9.17) is 4.74 Å². The van der Waals surface area contributed by atoms with Crippen molar-refractivity contribution in [2.75, 3.05) is 6.54 Å². The van der Waals surface area contributed by atoms with Gasteiger partial charge < -0.3 is 15.0 Å². The molecule has 2 aliphatic rings. The first-order valence-corrected chi connectivity index (χ1v) is 7.77. The average Bonchev–Trinajstić information content (AvgIpc) is 3.02. The molecule has 1 saturated carbocycles. The number of nitrogens with one attached hydrogen (secondary N) is 3. The number of H-pyrrole nitrogens is 2. The number of aromatic amines is 2. The lowest BCUT2D eigenvalue weighted by Crippen LogP contribution is -2.32. The Morgan fingerprint density at radius 1 is 1.36 bits per heavy atom. The topological polar surface area (TPSA) is 95.7 Å². The first-order valence-electron chi connectivity index (χ1n) is 7.77. The third-order valence-corrected chi connectivity index (χ3v) is 4.35. The molecule has 2 fully saturated rings. The lowest BCUT2D eigenvalue weighted by Gasteiger charge is -2.13. The summed E-state index contributed by atoms with van der Waals surface area (Å²) >= 11 is 0. The molecule has 3 N–H and O–H groups in total. The molecule has 2 aromatic heterocycles. The largest absolute Gasteiger partial charge is 0.365 e. The summed E-state index contributed by atoms with van der Waals surface area (Å²) in [5, 5.41) is 9.66. The normalized spacial score (nSPS) is 24.5. The number of amides is 1. The first kappa shape index (κ1) is 13.5. The van der Waals surface area contributed by atoms with Crippen molar-refractivity contribution in [2.24, 2.45) is 0 Å². The number of ether oxygens (including phenoxy) is 1. The molecule has 7 heteroatoms. The minimum Gasteiger partial charge on any atom is -0.365 e. The van der Waals surface area contributed by atoms with Crippen molar-refractivity contribution in [1.29, 1.82) is 0 Å². The molecule has 0 aromatic carbocycles. The quantitative estimate of drug-likeness (QED) is 0.782. The van der Waals surface area contributed by atoms with Crippen molar-refractivity contribution < 1.29 is 9.53 Å². The molecular weight excluding hydrogens is 282 g/mol. The minimum absolute atomic E-state index is 0.0186. The SMILES string of the molecule is O=C(NC[C@H]1CC[C@@H](c2ncn[nH]2)O1)c1cc[nH]c1C1CC1. The standard InChI is InChI=1S/C15H19N5O2/c21-15(11-5-6-16-13(11)9-1-2-9)17-7-10-3-4-12(22-10)14-18-8-19-20-14/h5-6,8-10,12,16H,1-4,7H2,(H,17,21)(H,18,19,20)/t10-,12+/m1/s1. The molecular formula is C15H19N5O2. The van der Waals surface area contributed by atoms with Gasteiger partial charge in [0, 0.05) is 18.4 Å². The monoisotopic (exact) mass is 301 g/mol. The van der Waals surface area contributed by atoms with Crippen LogP contribution < -0.4 is 5.32 Å². The molecule has 0 bridgehead atoms. The van der Waals surface area contributed by atoms with Crippen LogP contribution in [0.3, 0.4) is 0 Å². The predicted molar refractivity (Wildman–Crippen MR) is 78.3 cm³/mol. The Labute approximate surface area is 127 Å². The molecule has 1 saturated heterocycles. The molecule has 1 aliphatic heterocycles. The average molecular weight is 301 g/mol. The second-order valence-electron chi connectivity index (χ2n) is 5.98. The van der Waals surface area contributed by atoms with Crippen LogP contribution in [-0.4, -0.2) is 38.7 Å². The molecule has 4 rings (SSSR count). The Balaban J connectivity index is 1.31. The highest BCUT2D eigenvalue weighted by Gasteiger charge is 2.31. The van der Waals surface area contributed by atoms with E-state index in [1.807, 2.05) is 12.3 Å². The second kappa shape index (κ2) is 5.57. The smallest absolute Gasteiger partial charge is 0.253 e. The van der Waals surface area contributed by atoms with Crippen LogP contribution in [0.4, 0.5) is 0 Å². The van der Waals surface area contributed by atoms with Gasteiger partial charge in [-0.2, -0.15) is 5.10 Å². The van der Waals surface area contributed by atoms with Gasteiger partial charge in [0.05, 0.1) is 11.7 Å². The van der Waals surface area contributed by atoms with Crippen LogP contribution in [0.25, 0.3) is 0 Å². The molecule has 0 radical (unpaired) electrons. The molecule has 22 heavy (non-hydrogen) atoms. The molecule has 3 heterocycles. The minimum atomic E-state index is -0.0429.